The molecule has 36 heavy (non-hydrogen) atoms. The highest BCUT2D eigenvalue weighted by Crippen LogP contribution is 2.25. The molecule has 1 unspecified atom stereocenters. The predicted molar refractivity (Wildman–Crippen MR) is 135 cm³/mol. The molecule has 1 amide bonds. The van der Waals surface area contributed by atoms with E-state index in [9.17, 15) is 14.4 Å². The van der Waals surface area contributed by atoms with Crippen molar-refractivity contribution >= 4 is 28.7 Å². The van der Waals surface area contributed by atoms with Gasteiger partial charge in [0.1, 0.15) is 11.2 Å². The predicted octanol–water partition coefficient (Wildman–Crippen LogP) is 3.78. The fourth-order valence-electron chi connectivity index (χ4n) is 3.96. The number of amides is 1. The summed E-state index contributed by atoms with van der Waals surface area (Å²) in [6, 6.07) is 10.9. The van der Waals surface area contributed by atoms with Gasteiger partial charge in [0.05, 0.1) is 30.6 Å². The number of hydrogen-bond acceptors (Lipinski definition) is 6. The molecule has 3 aromatic heterocycles. The summed E-state index contributed by atoms with van der Waals surface area (Å²) >= 11 is 0. The lowest BCUT2D eigenvalue weighted by Gasteiger charge is -2.22. The number of carbonyl (C=O) groups is 3. The zero-order valence-corrected chi connectivity index (χ0v) is 20.7. The van der Waals surface area contributed by atoms with Gasteiger partial charge in [0.2, 0.25) is 0 Å². The van der Waals surface area contributed by atoms with Crippen molar-refractivity contribution in [1.82, 2.24) is 25.1 Å². The smallest absolute Gasteiger partial charge is 0.307 e. The van der Waals surface area contributed by atoms with E-state index in [0.29, 0.717) is 22.2 Å². The van der Waals surface area contributed by atoms with Gasteiger partial charge in [-0.25, -0.2) is 4.98 Å². The van der Waals surface area contributed by atoms with Crippen molar-refractivity contribution in [3.8, 4) is 11.1 Å². The van der Waals surface area contributed by atoms with Crippen LogP contribution in [0.15, 0.2) is 61.2 Å². The van der Waals surface area contributed by atoms with Gasteiger partial charge >= 0.3 is 5.97 Å². The molecule has 0 bridgehead atoms. The second-order valence-electron chi connectivity index (χ2n) is 9.63. The highest BCUT2D eigenvalue weighted by atomic mass is 16.6. The Labute approximate surface area is 208 Å². The van der Waals surface area contributed by atoms with Gasteiger partial charge in [-0.05, 0) is 32.4 Å². The number of esters is 1. The number of pyridine rings is 1. The van der Waals surface area contributed by atoms with Gasteiger partial charge in [0.15, 0.2) is 5.78 Å². The van der Waals surface area contributed by atoms with Crippen molar-refractivity contribution in [2.45, 2.75) is 38.7 Å². The number of H-pyrrole nitrogens is 1. The van der Waals surface area contributed by atoms with Gasteiger partial charge in [0.25, 0.3) is 5.91 Å². The zero-order chi connectivity index (χ0) is 25.9. The molecule has 0 radical (unpaired) electrons. The zero-order valence-electron chi connectivity index (χ0n) is 20.7. The number of aromatic nitrogens is 4. The number of nitrogens with one attached hydrogen (secondary N) is 2. The number of hydrogen-bond donors (Lipinski definition) is 2. The van der Waals surface area contributed by atoms with E-state index in [4.69, 9.17) is 4.74 Å². The van der Waals surface area contributed by atoms with Gasteiger partial charge in [-0.1, -0.05) is 30.3 Å². The second-order valence-corrected chi connectivity index (χ2v) is 9.63. The summed E-state index contributed by atoms with van der Waals surface area (Å²) < 4.78 is 7.12. The lowest BCUT2D eigenvalue weighted by atomic mass is 9.91. The number of rotatable bonds is 8. The van der Waals surface area contributed by atoms with Crippen LogP contribution < -0.4 is 5.32 Å². The highest BCUT2D eigenvalue weighted by molar-refractivity contribution is 6.08. The third kappa shape index (κ3) is 5.86. The van der Waals surface area contributed by atoms with Crippen LogP contribution in [0.3, 0.4) is 0 Å². The van der Waals surface area contributed by atoms with Crippen molar-refractivity contribution in [3.63, 3.8) is 0 Å². The Bertz CT molecular complexity index is 1400. The maximum Gasteiger partial charge on any atom is 0.307 e. The summed E-state index contributed by atoms with van der Waals surface area (Å²) in [5.41, 5.74) is 2.67. The van der Waals surface area contributed by atoms with Gasteiger partial charge in [0, 0.05) is 42.2 Å². The Kier molecular flexibility index (Phi) is 7.00. The summed E-state index contributed by atoms with van der Waals surface area (Å²) in [7, 11) is 1.83. The standard InChI is InChI=1S/C27H29N5O4/c1-27(2,3)36-24(34)11-20(17-8-6-5-7-9-17)23(33)15-30-26(35)22-14-29-25-21(22)10-18(12-28-25)19-13-31-32(4)16-19/h5-10,12-14,16,20H,11,15H2,1-4H3,(H,28,29)(H,30,35). The molecule has 9 nitrogen and oxygen atoms in total. The average Bonchev–Trinajstić information content (AvgIpc) is 3.46. The molecule has 3 heterocycles. The van der Waals surface area contributed by atoms with E-state index in [2.05, 4.69) is 20.4 Å². The highest BCUT2D eigenvalue weighted by Gasteiger charge is 2.27. The number of aryl methyl sites for hydroxylation is 1. The molecule has 1 atom stereocenters. The summed E-state index contributed by atoms with van der Waals surface area (Å²) in [6.45, 7) is 5.10. The van der Waals surface area contributed by atoms with Gasteiger partial charge in [-0.15, -0.1) is 0 Å². The molecule has 0 fully saturated rings. The van der Waals surface area contributed by atoms with Crippen LogP contribution in [0, 0.1) is 0 Å². The minimum absolute atomic E-state index is 0.110. The first-order valence-corrected chi connectivity index (χ1v) is 11.6. The van der Waals surface area contributed by atoms with Crippen molar-refractivity contribution < 1.29 is 19.1 Å². The van der Waals surface area contributed by atoms with E-state index in [1.807, 2.05) is 37.5 Å². The van der Waals surface area contributed by atoms with E-state index < -0.39 is 23.4 Å². The fraction of sp³-hybridized carbons (Fsp3) is 0.296. The minimum Gasteiger partial charge on any atom is -0.460 e. The van der Waals surface area contributed by atoms with Crippen LogP contribution in [0.2, 0.25) is 0 Å². The largest absolute Gasteiger partial charge is 0.460 e. The fourth-order valence-corrected chi connectivity index (χ4v) is 3.96. The Morgan fingerprint density at radius 3 is 2.53 bits per heavy atom. The number of aromatic amines is 1. The van der Waals surface area contributed by atoms with Crippen LogP contribution >= 0.6 is 0 Å². The van der Waals surface area contributed by atoms with E-state index in [0.717, 1.165) is 11.1 Å². The molecule has 4 rings (SSSR count). The maximum atomic E-state index is 13.2. The van der Waals surface area contributed by atoms with Crippen LogP contribution in [-0.4, -0.2) is 49.6 Å². The third-order valence-corrected chi connectivity index (χ3v) is 5.62. The Morgan fingerprint density at radius 1 is 1.11 bits per heavy atom. The van der Waals surface area contributed by atoms with Crippen LogP contribution in [0.5, 0.6) is 0 Å². The van der Waals surface area contributed by atoms with Gasteiger partial charge in [-0.2, -0.15) is 5.10 Å². The number of nitrogens with zero attached hydrogens (tertiary/aromatic N) is 3. The van der Waals surface area contributed by atoms with Crippen molar-refractivity contribution in [1.29, 1.82) is 0 Å². The van der Waals surface area contributed by atoms with E-state index in [1.54, 1.807) is 56.2 Å². The number of benzene rings is 1. The molecular formula is C27H29N5O4. The normalized spacial score (nSPS) is 12.3. The topological polar surface area (TPSA) is 119 Å². The van der Waals surface area contributed by atoms with Crippen LogP contribution in [-0.2, 0) is 21.4 Å². The summed E-state index contributed by atoms with van der Waals surface area (Å²) in [4.78, 5) is 46.1. The minimum atomic E-state index is -0.733. The van der Waals surface area contributed by atoms with E-state index >= 15 is 0 Å². The molecule has 0 saturated carbocycles. The lowest BCUT2D eigenvalue weighted by molar-refractivity contribution is -0.156. The maximum absolute atomic E-state index is 13.2. The molecule has 1 aromatic carbocycles. The number of ether oxygens (including phenoxy) is 1. The molecule has 9 heteroatoms. The molecular weight excluding hydrogens is 458 g/mol. The first-order valence-electron chi connectivity index (χ1n) is 11.6. The summed E-state index contributed by atoms with van der Waals surface area (Å²) in [6.07, 6.45) is 6.76. The average molecular weight is 488 g/mol. The van der Waals surface area contributed by atoms with Crippen molar-refractivity contribution in [2.75, 3.05) is 6.54 Å². The quantitative estimate of drug-likeness (QED) is 0.365. The SMILES string of the molecule is Cn1cc(-c2cnc3[nH]cc(C(=O)NCC(=O)C(CC(=O)OC(C)(C)C)c4ccccc4)c3c2)cn1. The molecule has 0 aliphatic carbocycles. The third-order valence-electron chi connectivity index (χ3n) is 5.62. The molecule has 2 N–H and O–H groups in total. The number of Topliss-reactive ketones (excluding diaryl/α,β-unsaturated/α-hetero) is 1. The monoisotopic (exact) mass is 487 g/mol. The van der Waals surface area contributed by atoms with E-state index in [-0.39, 0.29) is 18.7 Å². The van der Waals surface area contributed by atoms with Gasteiger partial charge in [-0.3, -0.25) is 19.1 Å². The molecule has 0 aliphatic rings. The second kappa shape index (κ2) is 10.2. The Balaban J connectivity index is 1.50. The molecule has 0 saturated heterocycles. The van der Waals surface area contributed by atoms with Crippen LogP contribution in [0.4, 0.5) is 0 Å². The molecule has 4 aromatic rings. The first kappa shape index (κ1) is 24.8. The first-order chi connectivity index (χ1) is 17.1. The lowest BCUT2D eigenvalue weighted by Crippen LogP contribution is -2.34. The molecule has 186 valence electrons. The van der Waals surface area contributed by atoms with Crippen LogP contribution in [0.25, 0.3) is 22.2 Å². The van der Waals surface area contributed by atoms with Crippen molar-refractivity contribution in [2.24, 2.45) is 7.05 Å². The number of fused-ring (bicyclic) bond motifs is 1. The Hall–Kier alpha value is -4.27. The van der Waals surface area contributed by atoms with Crippen LogP contribution in [0.1, 0.15) is 49.0 Å². The summed E-state index contributed by atoms with van der Waals surface area (Å²) in [5, 5.41) is 7.52. The summed E-state index contributed by atoms with van der Waals surface area (Å²) in [5.74, 6) is -1.90. The number of ketones is 1. The van der Waals surface area contributed by atoms with Gasteiger partial charge < -0.3 is 15.0 Å². The van der Waals surface area contributed by atoms with Crippen molar-refractivity contribution in [3.05, 3.63) is 72.3 Å². The molecule has 0 spiro atoms. The molecule has 0 aliphatic heterocycles. The van der Waals surface area contributed by atoms with E-state index in [1.165, 1.54) is 0 Å². The Morgan fingerprint density at radius 2 is 1.86 bits per heavy atom. The number of carbonyl (C=O) groups excluding carboxylic acids is 3.